The molecule has 0 aromatic carbocycles. The zero-order valence-electron chi connectivity index (χ0n) is 8.92. The van der Waals surface area contributed by atoms with Gasteiger partial charge in [-0.15, -0.1) is 0 Å². The fourth-order valence-corrected chi connectivity index (χ4v) is 2.97. The third-order valence-electron chi connectivity index (χ3n) is 2.70. The van der Waals surface area contributed by atoms with E-state index in [0.29, 0.717) is 12.5 Å². The largest absolute Gasteiger partial charge is 0.480 e. The fourth-order valence-electron chi connectivity index (χ4n) is 1.47. The Morgan fingerprint density at radius 2 is 1.94 bits per heavy atom. The molecule has 2 aliphatic carbocycles. The van der Waals surface area contributed by atoms with Gasteiger partial charge in [0.25, 0.3) is 10.2 Å². The number of carboxylic acids is 1. The lowest BCUT2D eigenvalue weighted by Crippen LogP contribution is -2.45. The first-order chi connectivity index (χ1) is 7.47. The van der Waals surface area contributed by atoms with Crippen molar-refractivity contribution in [1.82, 2.24) is 9.03 Å². The molecule has 0 atom stereocenters. The quantitative estimate of drug-likeness (QED) is 0.652. The molecule has 0 heterocycles. The summed E-state index contributed by atoms with van der Waals surface area (Å²) < 4.78 is 27.2. The van der Waals surface area contributed by atoms with E-state index in [2.05, 4.69) is 4.72 Å². The van der Waals surface area contributed by atoms with Gasteiger partial charge in [0, 0.05) is 12.6 Å². The van der Waals surface area contributed by atoms with Crippen LogP contribution in [0.25, 0.3) is 0 Å². The van der Waals surface area contributed by atoms with Crippen LogP contribution >= 0.6 is 0 Å². The second-order valence-corrected chi connectivity index (χ2v) is 6.23. The van der Waals surface area contributed by atoms with Crippen molar-refractivity contribution in [3.05, 3.63) is 0 Å². The lowest BCUT2D eigenvalue weighted by Gasteiger charge is -2.20. The average Bonchev–Trinajstić information content (AvgIpc) is 2.96. The van der Waals surface area contributed by atoms with Crippen LogP contribution in [0.1, 0.15) is 25.7 Å². The Labute approximate surface area is 94.8 Å². The highest BCUT2D eigenvalue weighted by atomic mass is 32.2. The average molecular weight is 248 g/mol. The van der Waals surface area contributed by atoms with Crippen LogP contribution in [0.5, 0.6) is 0 Å². The summed E-state index contributed by atoms with van der Waals surface area (Å²) in [5.41, 5.74) is 0. The van der Waals surface area contributed by atoms with E-state index in [1.54, 1.807) is 0 Å². The summed E-state index contributed by atoms with van der Waals surface area (Å²) in [6.45, 7) is -0.118. The van der Waals surface area contributed by atoms with Gasteiger partial charge in [-0.1, -0.05) is 0 Å². The van der Waals surface area contributed by atoms with Gasteiger partial charge in [-0.05, 0) is 31.6 Å². The molecule has 7 heteroatoms. The molecule has 0 spiro atoms. The summed E-state index contributed by atoms with van der Waals surface area (Å²) in [5.74, 6) is -0.767. The van der Waals surface area contributed by atoms with Crippen molar-refractivity contribution < 1.29 is 18.3 Å². The Bertz CT molecular complexity index is 373. The molecular formula is C9H16N2O4S. The normalized spacial score (nSPS) is 21.3. The molecule has 2 N–H and O–H groups in total. The van der Waals surface area contributed by atoms with E-state index in [1.165, 1.54) is 0 Å². The fraction of sp³-hybridized carbons (Fsp3) is 0.889. The van der Waals surface area contributed by atoms with Gasteiger partial charge in [-0.3, -0.25) is 4.79 Å². The molecule has 92 valence electrons. The van der Waals surface area contributed by atoms with E-state index < -0.39 is 22.7 Å². The predicted octanol–water partition coefficient (Wildman–Crippen LogP) is -0.220. The number of nitrogens with one attached hydrogen (secondary N) is 1. The number of nitrogens with zero attached hydrogens (tertiary/aromatic N) is 1. The van der Waals surface area contributed by atoms with Gasteiger partial charge in [0.1, 0.15) is 6.54 Å². The molecule has 6 nitrogen and oxygen atoms in total. The molecule has 0 unspecified atom stereocenters. The molecule has 0 saturated heterocycles. The summed E-state index contributed by atoms with van der Waals surface area (Å²) in [4.78, 5) is 10.6. The monoisotopic (exact) mass is 248 g/mol. The van der Waals surface area contributed by atoms with Gasteiger partial charge >= 0.3 is 5.97 Å². The minimum atomic E-state index is -3.61. The van der Waals surface area contributed by atoms with E-state index in [1.807, 2.05) is 0 Å². The van der Waals surface area contributed by atoms with Crippen LogP contribution in [0.2, 0.25) is 0 Å². The van der Waals surface area contributed by atoms with Crippen LogP contribution < -0.4 is 4.72 Å². The third-order valence-corrected chi connectivity index (χ3v) is 4.29. The summed E-state index contributed by atoms with van der Waals surface area (Å²) in [6, 6.07) is 0.0143. The van der Waals surface area contributed by atoms with Gasteiger partial charge in [-0.25, -0.2) is 0 Å². The molecule has 0 aromatic heterocycles. The van der Waals surface area contributed by atoms with Crippen LogP contribution in [-0.2, 0) is 15.0 Å². The Kier molecular flexibility index (Phi) is 3.18. The first-order valence-electron chi connectivity index (χ1n) is 5.46. The van der Waals surface area contributed by atoms with Gasteiger partial charge in [0.2, 0.25) is 0 Å². The SMILES string of the molecule is O=C(O)CN(CC1CC1)S(=O)(=O)NC1CC1. The van der Waals surface area contributed by atoms with E-state index in [9.17, 15) is 13.2 Å². The van der Waals surface area contributed by atoms with Crippen molar-refractivity contribution in [1.29, 1.82) is 0 Å². The lowest BCUT2D eigenvalue weighted by atomic mass is 10.4. The maximum Gasteiger partial charge on any atom is 0.318 e. The molecule has 2 rings (SSSR count). The highest BCUT2D eigenvalue weighted by molar-refractivity contribution is 7.87. The molecule has 0 amide bonds. The molecule has 16 heavy (non-hydrogen) atoms. The van der Waals surface area contributed by atoms with Crippen molar-refractivity contribution in [2.24, 2.45) is 5.92 Å². The van der Waals surface area contributed by atoms with Crippen LogP contribution in [0.3, 0.4) is 0 Å². The van der Waals surface area contributed by atoms with Crippen molar-refractivity contribution >= 4 is 16.2 Å². The van der Waals surface area contributed by atoms with Crippen molar-refractivity contribution in [3.8, 4) is 0 Å². The molecule has 0 aromatic rings. The minimum absolute atomic E-state index is 0.0143. The maximum absolute atomic E-state index is 11.8. The minimum Gasteiger partial charge on any atom is -0.480 e. The molecule has 2 fully saturated rings. The predicted molar refractivity (Wildman–Crippen MR) is 57.0 cm³/mol. The van der Waals surface area contributed by atoms with E-state index in [-0.39, 0.29) is 6.04 Å². The highest BCUT2D eigenvalue weighted by Gasteiger charge is 2.35. The number of aliphatic carboxylic acids is 1. The second-order valence-electron chi connectivity index (χ2n) is 4.53. The summed E-state index contributed by atoms with van der Waals surface area (Å²) in [5, 5.41) is 8.70. The zero-order chi connectivity index (χ0) is 11.8. The number of rotatable bonds is 7. The van der Waals surface area contributed by atoms with Crippen LogP contribution in [0.4, 0.5) is 0 Å². The third kappa shape index (κ3) is 3.43. The van der Waals surface area contributed by atoms with Crippen LogP contribution in [0.15, 0.2) is 0 Å². The topological polar surface area (TPSA) is 86.7 Å². The number of hydrogen-bond donors (Lipinski definition) is 2. The molecule has 0 radical (unpaired) electrons. The first kappa shape index (κ1) is 11.8. The number of carboxylic acid groups (broad SMARTS) is 1. The summed E-state index contributed by atoms with van der Waals surface area (Å²) in [7, 11) is -3.61. The van der Waals surface area contributed by atoms with Gasteiger partial charge in [0.05, 0.1) is 0 Å². The van der Waals surface area contributed by atoms with Crippen molar-refractivity contribution in [2.75, 3.05) is 13.1 Å². The lowest BCUT2D eigenvalue weighted by molar-refractivity contribution is -0.137. The standard InChI is InChI=1S/C9H16N2O4S/c12-9(13)6-11(5-7-1-2-7)16(14,15)10-8-3-4-8/h7-8,10H,1-6H2,(H,12,13). The molecule has 2 aliphatic rings. The molecule has 2 saturated carbocycles. The number of hydrogen-bond acceptors (Lipinski definition) is 3. The van der Waals surface area contributed by atoms with Crippen molar-refractivity contribution in [3.63, 3.8) is 0 Å². The summed E-state index contributed by atoms with van der Waals surface area (Å²) >= 11 is 0. The molecular weight excluding hydrogens is 232 g/mol. The smallest absolute Gasteiger partial charge is 0.318 e. The highest BCUT2D eigenvalue weighted by Crippen LogP contribution is 2.30. The van der Waals surface area contributed by atoms with E-state index in [0.717, 1.165) is 30.0 Å². The molecule has 0 bridgehead atoms. The Morgan fingerprint density at radius 1 is 1.31 bits per heavy atom. The Hall–Kier alpha value is -0.660. The zero-order valence-corrected chi connectivity index (χ0v) is 9.74. The van der Waals surface area contributed by atoms with Crippen LogP contribution in [0, 0.1) is 5.92 Å². The summed E-state index contributed by atoms with van der Waals surface area (Å²) in [6.07, 6.45) is 3.69. The number of carbonyl (C=O) groups is 1. The van der Waals surface area contributed by atoms with Crippen molar-refractivity contribution in [2.45, 2.75) is 31.7 Å². The van der Waals surface area contributed by atoms with Gasteiger partial charge in [0.15, 0.2) is 0 Å². The van der Waals surface area contributed by atoms with Crippen LogP contribution in [-0.4, -0.2) is 42.9 Å². The van der Waals surface area contributed by atoms with Gasteiger partial charge < -0.3 is 5.11 Å². The molecule has 0 aliphatic heterocycles. The first-order valence-corrected chi connectivity index (χ1v) is 6.90. The van der Waals surface area contributed by atoms with E-state index in [4.69, 9.17) is 5.11 Å². The Balaban J connectivity index is 1.98. The van der Waals surface area contributed by atoms with E-state index >= 15 is 0 Å². The second kappa shape index (κ2) is 4.31. The maximum atomic E-state index is 11.8. The Morgan fingerprint density at radius 3 is 2.38 bits per heavy atom. The van der Waals surface area contributed by atoms with Gasteiger partial charge in [-0.2, -0.15) is 17.4 Å².